The predicted octanol–water partition coefficient (Wildman–Crippen LogP) is 3.73. The van der Waals surface area contributed by atoms with Crippen LogP contribution >= 0.6 is 0 Å². The maximum atomic E-state index is 12.5. The van der Waals surface area contributed by atoms with Gasteiger partial charge in [0.1, 0.15) is 12.4 Å². The number of amides is 1. The maximum absolute atomic E-state index is 12.5. The number of para-hydroxylation sites is 1. The summed E-state index contributed by atoms with van der Waals surface area (Å²) in [5.41, 5.74) is 1.54. The smallest absolute Gasteiger partial charge is 0.338 e. The molecule has 5 aliphatic rings. The molecule has 0 saturated heterocycles. The average Bonchev–Trinajstić information content (AvgIpc) is 2.70. The molecule has 0 radical (unpaired) electrons. The molecule has 0 aromatic heterocycles. The second kappa shape index (κ2) is 7.19. The van der Waals surface area contributed by atoms with Crippen molar-refractivity contribution in [3.63, 3.8) is 0 Å². The van der Waals surface area contributed by atoms with Crippen molar-refractivity contribution in [3.05, 3.63) is 35.4 Å². The summed E-state index contributed by atoms with van der Waals surface area (Å²) in [6, 6.07) is 7.68. The van der Waals surface area contributed by atoms with Crippen LogP contribution in [0.3, 0.4) is 0 Å². The Morgan fingerprint density at radius 1 is 1.14 bits per heavy atom. The Kier molecular flexibility index (Phi) is 4.64. The SMILES string of the molecule is C[C@@H](NC(=O)COC(=O)C1=Cc2ccccc2OC1)C12CC3CC(CC(C3)C1)C2. The minimum Gasteiger partial charge on any atom is -0.488 e. The highest BCUT2D eigenvalue weighted by atomic mass is 16.5. The van der Waals surface area contributed by atoms with E-state index in [0.29, 0.717) is 5.57 Å². The van der Waals surface area contributed by atoms with Gasteiger partial charge >= 0.3 is 5.97 Å². The van der Waals surface area contributed by atoms with Gasteiger partial charge in [0.25, 0.3) is 5.91 Å². The van der Waals surface area contributed by atoms with Gasteiger partial charge in [-0.15, -0.1) is 0 Å². The number of carbonyl (C=O) groups excluding carboxylic acids is 2. The number of fused-ring (bicyclic) bond motifs is 1. The summed E-state index contributed by atoms with van der Waals surface area (Å²) in [5.74, 6) is 2.60. The zero-order chi connectivity index (χ0) is 20.0. The van der Waals surface area contributed by atoms with Gasteiger partial charge in [-0.2, -0.15) is 0 Å². The molecule has 1 heterocycles. The van der Waals surface area contributed by atoms with Crippen LogP contribution in [0.1, 0.15) is 51.0 Å². The van der Waals surface area contributed by atoms with E-state index in [1.165, 1.54) is 38.5 Å². The van der Waals surface area contributed by atoms with Crippen molar-refractivity contribution in [1.82, 2.24) is 5.32 Å². The molecule has 29 heavy (non-hydrogen) atoms. The van der Waals surface area contributed by atoms with Gasteiger partial charge in [-0.25, -0.2) is 4.79 Å². The summed E-state index contributed by atoms with van der Waals surface area (Å²) >= 11 is 0. The Labute approximate surface area is 171 Å². The van der Waals surface area contributed by atoms with Crippen LogP contribution in [0.4, 0.5) is 0 Å². The van der Waals surface area contributed by atoms with Crippen molar-refractivity contribution in [2.24, 2.45) is 23.2 Å². The molecule has 1 N–H and O–H groups in total. The van der Waals surface area contributed by atoms with E-state index in [1.54, 1.807) is 6.08 Å². The van der Waals surface area contributed by atoms with E-state index in [1.807, 2.05) is 24.3 Å². The summed E-state index contributed by atoms with van der Waals surface area (Å²) in [7, 11) is 0. The van der Waals surface area contributed by atoms with E-state index < -0.39 is 5.97 Å². The minimum absolute atomic E-state index is 0.131. The Bertz CT molecular complexity index is 823. The second-order valence-electron chi connectivity index (χ2n) is 9.64. The zero-order valence-electron chi connectivity index (χ0n) is 17.0. The molecule has 0 unspecified atom stereocenters. The number of ether oxygens (including phenoxy) is 2. The Morgan fingerprint density at radius 3 is 2.48 bits per heavy atom. The van der Waals surface area contributed by atoms with Gasteiger partial charge in [-0.3, -0.25) is 4.79 Å². The number of carbonyl (C=O) groups is 2. The molecule has 0 spiro atoms. The van der Waals surface area contributed by atoms with Crippen molar-refractivity contribution in [3.8, 4) is 5.75 Å². The van der Waals surface area contributed by atoms with Crippen LogP contribution in [0.25, 0.3) is 6.08 Å². The topological polar surface area (TPSA) is 64.6 Å². The highest BCUT2D eigenvalue weighted by Crippen LogP contribution is 2.61. The first-order valence-electron chi connectivity index (χ1n) is 10.9. The second-order valence-corrected chi connectivity index (χ2v) is 9.64. The number of rotatable bonds is 5. The molecule has 1 amide bonds. The van der Waals surface area contributed by atoms with Gasteiger partial charge in [-0.1, -0.05) is 18.2 Å². The Balaban J connectivity index is 1.16. The minimum atomic E-state index is -0.489. The van der Waals surface area contributed by atoms with Crippen LogP contribution in [-0.2, 0) is 14.3 Å². The molecule has 1 aliphatic heterocycles. The highest BCUT2D eigenvalue weighted by Gasteiger charge is 2.53. The molecule has 4 saturated carbocycles. The summed E-state index contributed by atoms with van der Waals surface area (Å²) < 4.78 is 10.9. The van der Waals surface area contributed by atoms with Gasteiger partial charge in [0.05, 0.1) is 5.57 Å². The molecule has 4 aliphatic carbocycles. The third-order valence-corrected chi connectivity index (χ3v) is 7.61. The molecule has 1 atom stereocenters. The van der Waals surface area contributed by atoms with E-state index in [4.69, 9.17) is 9.47 Å². The van der Waals surface area contributed by atoms with Crippen molar-refractivity contribution < 1.29 is 19.1 Å². The first-order chi connectivity index (χ1) is 14.0. The molecule has 4 bridgehead atoms. The van der Waals surface area contributed by atoms with Crippen molar-refractivity contribution in [1.29, 1.82) is 0 Å². The van der Waals surface area contributed by atoms with Crippen LogP contribution in [0, 0.1) is 23.2 Å². The summed E-state index contributed by atoms with van der Waals surface area (Å²) in [6.07, 6.45) is 9.66. The molecule has 154 valence electrons. The Morgan fingerprint density at radius 2 is 1.79 bits per heavy atom. The molecule has 1 aromatic carbocycles. The average molecular weight is 395 g/mol. The van der Waals surface area contributed by atoms with E-state index in [9.17, 15) is 9.59 Å². The number of hydrogen-bond acceptors (Lipinski definition) is 4. The first-order valence-corrected chi connectivity index (χ1v) is 10.9. The quantitative estimate of drug-likeness (QED) is 0.772. The molecular weight excluding hydrogens is 366 g/mol. The molecule has 6 rings (SSSR count). The number of esters is 1. The lowest BCUT2D eigenvalue weighted by molar-refractivity contribution is -0.146. The van der Waals surface area contributed by atoms with Gasteiger partial charge in [0.2, 0.25) is 0 Å². The summed E-state index contributed by atoms with van der Waals surface area (Å²) in [4.78, 5) is 24.9. The van der Waals surface area contributed by atoms with Crippen molar-refractivity contribution in [2.75, 3.05) is 13.2 Å². The number of benzene rings is 1. The van der Waals surface area contributed by atoms with Crippen molar-refractivity contribution >= 4 is 18.0 Å². The molecule has 5 nitrogen and oxygen atoms in total. The van der Waals surface area contributed by atoms with Gasteiger partial charge in [-0.05, 0) is 80.8 Å². The normalized spacial score (nSPS) is 32.6. The lowest BCUT2D eigenvalue weighted by Gasteiger charge is -2.59. The largest absolute Gasteiger partial charge is 0.488 e. The van der Waals surface area contributed by atoms with Crippen molar-refractivity contribution in [2.45, 2.75) is 51.5 Å². The standard InChI is InChI=1S/C24H29NO4/c1-15(24-10-16-6-17(11-24)8-18(7-16)12-24)25-22(26)14-29-23(27)20-9-19-4-2-3-5-21(19)28-13-20/h2-5,9,15-18H,6-8,10-14H2,1H3,(H,25,26)/t15-,16?,17?,18?,24?/m1/s1. The van der Waals surface area contributed by atoms with Crippen LogP contribution in [-0.4, -0.2) is 31.1 Å². The summed E-state index contributed by atoms with van der Waals surface area (Å²) in [6.45, 7) is 2.07. The van der Waals surface area contributed by atoms with Crippen LogP contribution < -0.4 is 10.1 Å². The summed E-state index contributed by atoms with van der Waals surface area (Å²) in [5, 5.41) is 3.14. The third kappa shape index (κ3) is 3.56. The van der Waals surface area contributed by atoms with Crippen LogP contribution in [0.2, 0.25) is 0 Å². The molecular formula is C24H29NO4. The highest BCUT2D eigenvalue weighted by molar-refractivity contribution is 5.96. The van der Waals surface area contributed by atoms with Gasteiger partial charge in [0, 0.05) is 11.6 Å². The number of hydrogen-bond donors (Lipinski definition) is 1. The fourth-order valence-electron chi connectivity index (χ4n) is 6.60. The fraction of sp³-hybridized carbons (Fsp3) is 0.583. The molecule has 4 fully saturated rings. The molecule has 5 heteroatoms. The predicted molar refractivity (Wildman–Crippen MR) is 109 cm³/mol. The lowest BCUT2D eigenvalue weighted by Crippen LogP contribution is -2.56. The monoisotopic (exact) mass is 395 g/mol. The lowest BCUT2D eigenvalue weighted by atomic mass is 9.48. The van der Waals surface area contributed by atoms with Gasteiger partial charge in [0.15, 0.2) is 6.61 Å². The Hall–Kier alpha value is -2.30. The van der Waals surface area contributed by atoms with E-state index in [0.717, 1.165) is 29.1 Å². The first kappa shape index (κ1) is 18.7. The van der Waals surface area contributed by atoms with E-state index in [-0.39, 0.29) is 30.6 Å². The van der Waals surface area contributed by atoms with Gasteiger partial charge < -0.3 is 14.8 Å². The van der Waals surface area contributed by atoms with Crippen LogP contribution in [0.15, 0.2) is 29.8 Å². The zero-order valence-corrected chi connectivity index (χ0v) is 17.0. The van der Waals surface area contributed by atoms with E-state index >= 15 is 0 Å². The molecule has 1 aromatic rings. The fourth-order valence-corrected chi connectivity index (χ4v) is 6.60. The maximum Gasteiger partial charge on any atom is 0.338 e. The van der Waals surface area contributed by atoms with Crippen LogP contribution in [0.5, 0.6) is 5.75 Å². The van der Waals surface area contributed by atoms with E-state index in [2.05, 4.69) is 12.2 Å². The number of nitrogens with one attached hydrogen (secondary N) is 1. The third-order valence-electron chi connectivity index (χ3n) is 7.61.